The van der Waals surface area contributed by atoms with Gasteiger partial charge in [-0.2, -0.15) is 0 Å². The summed E-state index contributed by atoms with van der Waals surface area (Å²) in [6, 6.07) is 4.84. The van der Waals surface area contributed by atoms with Crippen LogP contribution in [0, 0.1) is 5.82 Å². The van der Waals surface area contributed by atoms with Crippen molar-refractivity contribution in [1.82, 2.24) is 4.90 Å². The zero-order valence-corrected chi connectivity index (χ0v) is 13.3. The molecule has 0 bridgehead atoms. The normalized spacial score (nSPS) is 12.6. The predicted octanol–water partition coefficient (Wildman–Crippen LogP) is 3.08. The number of hydrogen-bond donors (Lipinski definition) is 1. The number of aliphatic carboxylic acids is 1. The highest BCUT2D eigenvalue weighted by atomic mass is 19.1. The molecule has 1 amide bonds. The monoisotopic (exact) mass is 311 g/mol. The van der Waals surface area contributed by atoms with Gasteiger partial charge in [-0.15, -0.1) is 0 Å². The Balaban J connectivity index is 2.70. The Hall–Kier alpha value is -2.11. The van der Waals surface area contributed by atoms with E-state index >= 15 is 0 Å². The molecule has 0 radical (unpaired) electrons. The molecule has 1 rings (SSSR count). The number of halogens is 1. The Bertz CT molecular complexity index is 522. The van der Waals surface area contributed by atoms with E-state index in [1.807, 2.05) is 0 Å². The number of amides is 1. The van der Waals surface area contributed by atoms with Crippen LogP contribution < -0.4 is 0 Å². The SMILES string of the molecule is CN(C(=O)OC(C)(C)C)[C@@H](CCc1ccc(F)cc1)C(=O)O. The molecule has 1 N–H and O–H groups in total. The molecule has 122 valence electrons. The molecule has 0 spiro atoms. The topological polar surface area (TPSA) is 66.8 Å². The number of nitrogens with zero attached hydrogens (tertiary/aromatic N) is 1. The van der Waals surface area contributed by atoms with Crippen LogP contribution in [0.5, 0.6) is 0 Å². The number of carbonyl (C=O) groups excluding carboxylic acids is 1. The first kappa shape index (κ1) is 17.9. The first-order valence-corrected chi connectivity index (χ1v) is 7.03. The van der Waals surface area contributed by atoms with Crippen molar-refractivity contribution < 1.29 is 23.8 Å². The van der Waals surface area contributed by atoms with Gasteiger partial charge >= 0.3 is 12.1 Å². The van der Waals surface area contributed by atoms with Gasteiger partial charge in [0.05, 0.1) is 0 Å². The third kappa shape index (κ3) is 5.71. The van der Waals surface area contributed by atoms with E-state index in [1.54, 1.807) is 32.9 Å². The lowest BCUT2D eigenvalue weighted by Gasteiger charge is -2.28. The van der Waals surface area contributed by atoms with Crippen LogP contribution in [0.15, 0.2) is 24.3 Å². The Labute approximate surface area is 129 Å². The van der Waals surface area contributed by atoms with E-state index in [4.69, 9.17) is 4.74 Å². The Kier molecular flexibility index (Phi) is 5.91. The lowest BCUT2D eigenvalue weighted by atomic mass is 10.0. The quantitative estimate of drug-likeness (QED) is 0.907. The molecule has 0 fully saturated rings. The van der Waals surface area contributed by atoms with Crippen LogP contribution in [0.25, 0.3) is 0 Å². The lowest BCUT2D eigenvalue weighted by Crippen LogP contribution is -2.45. The molecule has 0 heterocycles. The Morgan fingerprint density at radius 1 is 1.27 bits per heavy atom. The predicted molar refractivity (Wildman–Crippen MR) is 80.1 cm³/mol. The standard InChI is InChI=1S/C16H22FNO4/c1-16(2,3)22-15(21)18(4)13(14(19)20)10-7-11-5-8-12(17)9-6-11/h5-6,8-9,13H,7,10H2,1-4H3,(H,19,20)/t13-/m0/s1. The fourth-order valence-corrected chi connectivity index (χ4v) is 1.90. The fraction of sp³-hybridized carbons (Fsp3) is 0.500. The van der Waals surface area contributed by atoms with Crippen molar-refractivity contribution in [2.24, 2.45) is 0 Å². The summed E-state index contributed by atoms with van der Waals surface area (Å²) in [7, 11) is 1.40. The third-order valence-electron chi connectivity index (χ3n) is 3.05. The summed E-state index contributed by atoms with van der Waals surface area (Å²) in [5.41, 5.74) is 0.121. The molecule has 1 aromatic carbocycles. The molecule has 0 unspecified atom stereocenters. The van der Waals surface area contributed by atoms with Crippen LogP contribution in [0.4, 0.5) is 9.18 Å². The number of aryl methyl sites for hydroxylation is 1. The zero-order valence-electron chi connectivity index (χ0n) is 13.3. The molecule has 1 atom stereocenters. The van der Waals surface area contributed by atoms with Crippen molar-refractivity contribution in [2.45, 2.75) is 45.3 Å². The van der Waals surface area contributed by atoms with E-state index < -0.39 is 23.7 Å². The Morgan fingerprint density at radius 2 is 1.82 bits per heavy atom. The van der Waals surface area contributed by atoms with E-state index in [1.165, 1.54) is 19.2 Å². The minimum Gasteiger partial charge on any atom is -0.480 e. The number of carboxylic acids is 1. The van der Waals surface area contributed by atoms with E-state index in [-0.39, 0.29) is 12.2 Å². The first-order chi connectivity index (χ1) is 10.1. The Morgan fingerprint density at radius 3 is 2.27 bits per heavy atom. The van der Waals surface area contributed by atoms with Gasteiger partial charge < -0.3 is 9.84 Å². The molecule has 0 saturated heterocycles. The largest absolute Gasteiger partial charge is 0.480 e. The molecule has 1 aromatic rings. The number of hydrogen-bond acceptors (Lipinski definition) is 3. The van der Waals surface area contributed by atoms with Gasteiger partial charge in [0, 0.05) is 7.05 Å². The van der Waals surface area contributed by atoms with Gasteiger partial charge in [0.15, 0.2) is 0 Å². The maximum Gasteiger partial charge on any atom is 0.410 e. The minimum absolute atomic E-state index is 0.219. The summed E-state index contributed by atoms with van der Waals surface area (Å²) < 4.78 is 18.0. The van der Waals surface area contributed by atoms with Crippen molar-refractivity contribution in [3.8, 4) is 0 Å². The molecule has 0 aliphatic carbocycles. The summed E-state index contributed by atoms with van der Waals surface area (Å²) in [5, 5.41) is 9.30. The molecule has 5 nitrogen and oxygen atoms in total. The highest BCUT2D eigenvalue weighted by Crippen LogP contribution is 2.14. The summed E-state index contributed by atoms with van der Waals surface area (Å²) >= 11 is 0. The van der Waals surface area contributed by atoms with Crippen LogP contribution in [-0.2, 0) is 16.0 Å². The number of carboxylic acid groups (broad SMARTS) is 1. The van der Waals surface area contributed by atoms with E-state index in [0.29, 0.717) is 6.42 Å². The maximum atomic E-state index is 12.8. The molecular formula is C16H22FNO4. The molecule has 0 aromatic heterocycles. The zero-order chi connectivity index (χ0) is 16.9. The number of rotatable bonds is 5. The van der Waals surface area contributed by atoms with E-state index in [9.17, 15) is 19.1 Å². The smallest absolute Gasteiger partial charge is 0.410 e. The van der Waals surface area contributed by atoms with Gasteiger partial charge in [-0.05, 0) is 51.3 Å². The van der Waals surface area contributed by atoms with E-state index in [0.717, 1.165) is 10.5 Å². The van der Waals surface area contributed by atoms with Crippen LogP contribution in [0.3, 0.4) is 0 Å². The van der Waals surface area contributed by atoms with Crippen molar-refractivity contribution in [3.63, 3.8) is 0 Å². The molecule has 22 heavy (non-hydrogen) atoms. The second kappa shape index (κ2) is 7.24. The number of carbonyl (C=O) groups is 2. The van der Waals surface area contributed by atoms with Crippen LogP contribution in [0.2, 0.25) is 0 Å². The van der Waals surface area contributed by atoms with Crippen molar-refractivity contribution >= 4 is 12.1 Å². The number of benzene rings is 1. The highest BCUT2D eigenvalue weighted by Gasteiger charge is 2.29. The van der Waals surface area contributed by atoms with Gasteiger partial charge in [-0.1, -0.05) is 12.1 Å². The molecule has 0 saturated carbocycles. The van der Waals surface area contributed by atoms with Gasteiger partial charge in [0.1, 0.15) is 17.5 Å². The molecular weight excluding hydrogens is 289 g/mol. The lowest BCUT2D eigenvalue weighted by molar-refractivity contribution is -0.142. The van der Waals surface area contributed by atoms with Crippen LogP contribution >= 0.6 is 0 Å². The van der Waals surface area contributed by atoms with Gasteiger partial charge in [0.25, 0.3) is 0 Å². The van der Waals surface area contributed by atoms with Crippen molar-refractivity contribution in [3.05, 3.63) is 35.6 Å². The highest BCUT2D eigenvalue weighted by molar-refractivity contribution is 5.80. The first-order valence-electron chi connectivity index (χ1n) is 7.03. The van der Waals surface area contributed by atoms with Crippen molar-refractivity contribution in [2.75, 3.05) is 7.05 Å². The number of likely N-dealkylation sites (N-methyl/N-ethyl adjacent to an activating group) is 1. The van der Waals surface area contributed by atoms with Gasteiger partial charge in [-0.3, -0.25) is 4.90 Å². The number of ether oxygens (including phenoxy) is 1. The summed E-state index contributed by atoms with van der Waals surface area (Å²) in [5.74, 6) is -1.44. The van der Waals surface area contributed by atoms with Gasteiger partial charge in [-0.25, -0.2) is 14.0 Å². The second-order valence-corrected chi connectivity index (χ2v) is 6.11. The molecule has 0 aliphatic heterocycles. The van der Waals surface area contributed by atoms with Crippen LogP contribution in [0.1, 0.15) is 32.8 Å². The minimum atomic E-state index is -1.10. The van der Waals surface area contributed by atoms with Gasteiger partial charge in [0.2, 0.25) is 0 Å². The average Bonchev–Trinajstić information content (AvgIpc) is 2.38. The summed E-state index contributed by atoms with van der Waals surface area (Å²) in [6.45, 7) is 5.15. The average molecular weight is 311 g/mol. The maximum absolute atomic E-state index is 12.8. The molecule has 6 heteroatoms. The third-order valence-corrected chi connectivity index (χ3v) is 3.05. The second-order valence-electron chi connectivity index (χ2n) is 6.11. The fourth-order valence-electron chi connectivity index (χ4n) is 1.90. The van der Waals surface area contributed by atoms with Crippen molar-refractivity contribution in [1.29, 1.82) is 0 Å². The summed E-state index contributed by atoms with van der Waals surface area (Å²) in [6.07, 6.45) is -0.0415. The summed E-state index contributed by atoms with van der Waals surface area (Å²) in [4.78, 5) is 24.4. The van der Waals surface area contributed by atoms with E-state index in [2.05, 4.69) is 0 Å². The molecule has 0 aliphatic rings. The van der Waals surface area contributed by atoms with Crippen LogP contribution in [-0.4, -0.2) is 40.8 Å².